The summed E-state index contributed by atoms with van der Waals surface area (Å²) in [6.45, 7) is 6.41. The second-order valence-electron chi connectivity index (χ2n) is 11.5. The molecule has 210 valence electrons. The van der Waals surface area contributed by atoms with Gasteiger partial charge in [0.2, 0.25) is 15.9 Å². The van der Waals surface area contributed by atoms with Crippen LogP contribution in [0, 0.1) is 11.7 Å². The third-order valence-electron chi connectivity index (χ3n) is 7.70. The van der Waals surface area contributed by atoms with Gasteiger partial charge in [0.1, 0.15) is 17.5 Å². The van der Waals surface area contributed by atoms with Crippen molar-refractivity contribution in [3.05, 3.63) is 42.3 Å². The van der Waals surface area contributed by atoms with Gasteiger partial charge in [-0.3, -0.25) is 9.52 Å². The van der Waals surface area contributed by atoms with E-state index in [1.165, 1.54) is 12.1 Å². The molecule has 2 aliphatic rings. The molecule has 1 aliphatic carbocycles. The van der Waals surface area contributed by atoms with E-state index in [1.807, 2.05) is 12.1 Å². The van der Waals surface area contributed by atoms with E-state index in [9.17, 15) is 17.6 Å². The quantitative estimate of drug-likeness (QED) is 0.457. The maximum atomic E-state index is 13.5. The molecule has 11 heteroatoms. The van der Waals surface area contributed by atoms with Crippen molar-refractivity contribution >= 4 is 32.8 Å². The fraction of sp³-hybridized carbons (Fsp3) is 0.536. The molecule has 1 saturated heterocycles. The number of pyridine rings is 1. The average Bonchev–Trinajstić information content (AvgIpc) is 3.32. The molecule has 39 heavy (non-hydrogen) atoms. The Kier molecular flexibility index (Phi) is 7.65. The molecule has 3 heterocycles. The number of aromatic nitrogens is 3. The minimum Gasteiger partial charge on any atom is -0.375 e. The van der Waals surface area contributed by atoms with E-state index >= 15 is 0 Å². The number of H-pyrrole nitrogens is 1. The summed E-state index contributed by atoms with van der Waals surface area (Å²) in [5.41, 5.74) is 2.21. The standard InChI is InChI=1S/C28H36FN5O4S/c1-28(2,3)39(36,37)33-27(35)18-4-8-21(9-5-18)38-22-12-14-34(15-13-22)25-11-6-19(17-30-25)26-31-23-10-7-20(29)16-24(23)32-26/h6-7,10-11,16-18,21-22H,4-5,8-9,12-15H2,1-3H3,(H,31,32)(H,33,35)/t18-,21-. The summed E-state index contributed by atoms with van der Waals surface area (Å²) in [6, 6.07) is 8.45. The maximum Gasteiger partial charge on any atom is 0.239 e. The van der Waals surface area contributed by atoms with Crippen LogP contribution in [0.25, 0.3) is 22.4 Å². The molecular weight excluding hydrogens is 521 g/mol. The van der Waals surface area contributed by atoms with E-state index in [0.717, 1.165) is 55.7 Å². The number of benzene rings is 1. The number of ether oxygens (including phenoxy) is 1. The number of nitrogens with zero attached hydrogens (tertiary/aromatic N) is 3. The molecule has 5 rings (SSSR count). The highest BCUT2D eigenvalue weighted by Gasteiger charge is 2.35. The van der Waals surface area contributed by atoms with Crippen molar-refractivity contribution in [1.29, 1.82) is 0 Å². The summed E-state index contributed by atoms with van der Waals surface area (Å²) in [4.78, 5) is 27.1. The second-order valence-corrected chi connectivity index (χ2v) is 14.0. The van der Waals surface area contributed by atoms with E-state index in [0.29, 0.717) is 24.2 Å². The van der Waals surface area contributed by atoms with Crippen LogP contribution in [0.4, 0.5) is 10.2 Å². The van der Waals surface area contributed by atoms with Crippen molar-refractivity contribution in [3.8, 4) is 11.4 Å². The normalized spacial score (nSPS) is 21.3. The number of fused-ring (bicyclic) bond motifs is 1. The Bertz CT molecular complexity index is 1420. The summed E-state index contributed by atoms with van der Waals surface area (Å²) >= 11 is 0. The summed E-state index contributed by atoms with van der Waals surface area (Å²) in [6.07, 6.45) is 6.60. The number of piperidine rings is 1. The monoisotopic (exact) mass is 557 g/mol. The number of aromatic amines is 1. The van der Waals surface area contributed by atoms with Crippen molar-refractivity contribution < 1.29 is 22.3 Å². The summed E-state index contributed by atoms with van der Waals surface area (Å²) in [5, 5.41) is 0. The number of halogens is 1. The lowest BCUT2D eigenvalue weighted by Crippen LogP contribution is -2.46. The zero-order chi connectivity index (χ0) is 27.8. The topological polar surface area (TPSA) is 117 Å². The van der Waals surface area contributed by atoms with Gasteiger partial charge in [-0.15, -0.1) is 0 Å². The molecule has 0 atom stereocenters. The third-order valence-corrected chi connectivity index (χ3v) is 9.79. The SMILES string of the molecule is CC(C)(C)S(=O)(=O)NC(=O)[C@H]1CC[C@H](OC2CCN(c3ccc(-c4nc5cc(F)ccc5[nH]4)cn3)CC2)CC1. The molecule has 0 bridgehead atoms. The van der Waals surface area contributed by atoms with Crippen molar-refractivity contribution in [2.75, 3.05) is 18.0 Å². The minimum absolute atomic E-state index is 0.0968. The maximum absolute atomic E-state index is 13.5. The first-order chi connectivity index (χ1) is 18.5. The van der Waals surface area contributed by atoms with Crippen LogP contribution in [-0.2, 0) is 19.6 Å². The summed E-state index contributed by atoms with van der Waals surface area (Å²) in [7, 11) is -3.69. The predicted octanol–water partition coefficient (Wildman–Crippen LogP) is 4.55. The lowest BCUT2D eigenvalue weighted by atomic mass is 9.87. The van der Waals surface area contributed by atoms with E-state index in [4.69, 9.17) is 4.74 Å². The molecule has 3 aromatic rings. The Morgan fingerprint density at radius 3 is 2.38 bits per heavy atom. The molecule has 1 saturated carbocycles. The number of carbonyl (C=O) groups is 1. The average molecular weight is 558 g/mol. The predicted molar refractivity (Wildman–Crippen MR) is 148 cm³/mol. The number of carbonyl (C=O) groups excluding carboxylic acids is 1. The van der Waals surface area contributed by atoms with Crippen molar-refractivity contribution in [2.45, 2.75) is 76.3 Å². The molecule has 2 fully saturated rings. The van der Waals surface area contributed by atoms with Gasteiger partial charge in [-0.2, -0.15) is 0 Å². The van der Waals surface area contributed by atoms with Crippen LogP contribution in [0.1, 0.15) is 59.3 Å². The third kappa shape index (κ3) is 6.24. The van der Waals surface area contributed by atoms with Gasteiger partial charge in [0.05, 0.1) is 28.0 Å². The smallest absolute Gasteiger partial charge is 0.239 e. The van der Waals surface area contributed by atoms with Gasteiger partial charge in [0.15, 0.2) is 0 Å². The molecule has 2 N–H and O–H groups in total. The molecule has 9 nitrogen and oxygen atoms in total. The van der Waals surface area contributed by atoms with Gasteiger partial charge in [-0.05, 0) is 83.6 Å². The second kappa shape index (κ2) is 10.8. The molecule has 2 aromatic heterocycles. The Labute approximate surface area is 228 Å². The highest BCUT2D eigenvalue weighted by molar-refractivity contribution is 7.91. The number of amides is 1. The number of anilines is 1. The van der Waals surface area contributed by atoms with E-state index in [1.54, 1.807) is 33.0 Å². The number of nitrogens with one attached hydrogen (secondary N) is 2. The molecule has 1 aromatic carbocycles. The van der Waals surface area contributed by atoms with Crippen LogP contribution >= 0.6 is 0 Å². The minimum atomic E-state index is -3.69. The van der Waals surface area contributed by atoms with Crippen LogP contribution in [0.15, 0.2) is 36.5 Å². The lowest BCUT2D eigenvalue weighted by Gasteiger charge is -2.36. The van der Waals surface area contributed by atoms with Gasteiger partial charge in [-0.1, -0.05) is 0 Å². The highest BCUT2D eigenvalue weighted by atomic mass is 32.2. The summed E-state index contributed by atoms with van der Waals surface area (Å²) < 4.78 is 45.7. The molecule has 1 amide bonds. The highest BCUT2D eigenvalue weighted by Crippen LogP contribution is 2.30. The van der Waals surface area contributed by atoms with Crippen LogP contribution in [0.5, 0.6) is 0 Å². The van der Waals surface area contributed by atoms with Gasteiger partial charge >= 0.3 is 0 Å². The van der Waals surface area contributed by atoms with E-state index < -0.39 is 20.7 Å². The van der Waals surface area contributed by atoms with Gasteiger partial charge in [-0.25, -0.2) is 22.8 Å². The number of rotatable bonds is 6. The molecule has 0 radical (unpaired) electrons. The lowest BCUT2D eigenvalue weighted by molar-refractivity contribution is -0.125. The van der Waals surface area contributed by atoms with Crippen molar-refractivity contribution in [2.24, 2.45) is 5.92 Å². The molecular formula is C28H36FN5O4S. The zero-order valence-corrected chi connectivity index (χ0v) is 23.4. The number of imidazole rings is 1. The van der Waals surface area contributed by atoms with Gasteiger partial charge in [0, 0.05) is 36.8 Å². The zero-order valence-electron chi connectivity index (χ0n) is 22.6. The largest absolute Gasteiger partial charge is 0.375 e. The van der Waals surface area contributed by atoms with Gasteiger partial charge in [0.25, 0.3) is 0 Å². The Morgan fingerprint density at radius 1 is 1.05 bits per heavy atom. The molecule has 0 spiro atoms. The van der Waals surface area contributed by atoms with E-state index in [-0.39, 0.29) is 23.9 Å². The van der Waals surface area contributed by atoms with Crippen LogP contribution < -0.4 is 9.62 Å². The molecule has 1 aliphatic heterocycles. The number of hydrogen-bond acceptors (Lipinski definition) is 7. The van der Waals surface area contributed by atoms with Crippen LogP contribution in [0.3, 0.4) is 0 Å². The van der Waals surface area contributed by atoms with Crippen LogP contribution in [-0.4, -0.2) is 59.3 Å². The summed E-state index contributed by atoms with van der Waals surface area (Å²) in [5.74, 6) is 0.551. The van der Waals surface area contributed by atoms with Gasteiger partial charge < -0.3 is 14.6 Å². The first kappa shape index (κ1) is 27.5. The van der Waals surface area contributed by atoms with Crippen molar-refractivity contribution in [1.82, 2.24) is 19.7 Å². The van der Waals surface area contributed by atoms with Crippen molar-refractivity contribution in [3.63, 3.8) is 0 Å². The van der Waals surface area contributed by atoms with E-state index in [2.05, 4.69) is 24.6 Å². The Hall–Kier alpha value is -3.05. The number of sulfonamides is 1. The fourth-order valence-corrected chi connectivity index (χ4v) is 5.89. The Morgan fingerprint density at radius 2 is 1.74 bits per heavy atom. The van der Waals surface area contributed by atoms with Crippen LogP contribution in [0.2, 0.25) is 0 Å². The first-order valence-electron chi connectivity index (χ1n) is 13.6. The number of hydrogen-bond donors (Lipinski definition) is 2. The fourth-order valence-electron chi connectivity index (χ4n) is 5.15. The first-order valence-corrected chi connectivity index (χ1v) is 15.0. The Balaban J connectivity index is 1.08. The molecule has 0 unspecified atom stereocenters.